The number of hydrogen-bond acceptors (Lipinski definition) is 10. The van der Waals surface area contributed by atoms with Gasteiger partial charge in [-0.1, -0.05) is 42.8 Å². The predicted molar refractivity (Wildman–Crippen MR) is 196 cm³/mol. The Bertz CT molecular complexity index is 1590. The number of aryl methyl sites for hydroxylation is 1. The standard InChI is InChI=1S/C23H34N4O6.C7H8.C6H8N4O2S/c1-14-12-18-23(32)33-11-8-19(28)25-10-5-7-17(25)22(31)26-9-4-3-6-16(26)20(29)24-15(2)21(30)27(18)13-14;1-7-5-3-2-4-6-7;7-4(11)3-9-5(12)10-6-8-1-2-13-6/h14-18H,3-13H2,1-2H3,(H,24,29);2-6H,1H3;1-2H,3H2,(H2,7,11)(H2,8,9,10,12). The number of primary amides is 1. The van der Waals surface area contributed by atoms with Crippen molar-refractivity contribution < 1.29 is 38.3 Å². The van der Waals surface area contributed by atoms with Gasteiger partial charge in [-0.15, -0.1) is 11.3 Å². The van der Waals surface area contributed by atoms with Crippen molar-refractivity contribution in [2.75, 3.05) is 38.1 Å². The summed E-state index contributed by atoms with van der Waals surface area (Å²) in [6, 6.07) is 6.97. The van der Waals surface area contributed by atoms with Crippen molar-refractivity contribution in [2.45, 2.75) is 89.9 Å². The maximum atomic E-state index is 13.4. The average Bonchev–Trinajstić information content (AvgIpc) is 3.92. The number of benzene rings is 1. The Morgan fingerprint density at radius 2 is 1.66 bits per heavy atom. The molecule has 0 spiro atoms. The number of ether oxygens (including phenoxy) is 1. The number of urea groups is 1. The Morgan fingerprint density at radius 1 is 0.943 bits per heavy atom. The number of aromatic nitrogens is 1. The van der Waals surface area contributed by atoms with Crippen LogP contribution in [0.25, 0.3) is 0 Å². The zero-order valence-electron chi connectivity index (χ0n) is 30.5. The number of nitrogens with two attached hydrogens (primary N) is 1. The smallest absolute Gasteiger partial charge is 0.328 e. The molecule has 53 heavy (non-hydrogen) atoms. The molecule has 0 radical (unpaired) electrons. The third-order valence-electron chi connectivity index (χ3n) is 9.32. The zero-order valence-corrected chi connectivity index (χ0v) is 31.3. The van der Waals surface area contributed by atoms with Crippen LogP contribution in [0.3, 0.4) is 0 Å². The van der Waals surface area contributed by atoms with Gasteiger partial charge in [-0.2, -0.15) is 0 Å². The molecule has 5 atom stereocenters. The second kappa shape index (κ2) is 19.7. The van der Waals surface area contributed by atoms with E-state index in [4.69, 9.17) is 10.5 Å². The molecule has 5 heterocycles. The van der Waals surface area contributed by atoms with Gasteiger partial charge in [-0.25, -0.2) is 14.6 Å². The van der Waals surface area contributed by atoms with Crippen LogP contribution in [0.4, 0.5) is 9.93 Å². The number of carbonyl (C=O) groups is 7. The number of nitrogens with zero attached hydrogens (tertiary/aromatic N) is 4. The maximum Gasteiger partial charge on any atom is 0.328 e. The lowest BCUT2D eigenvalue weighted by molar-refractivity contribution is -0.156. The SMILES string of the molecule is CC1CC2C(=O)OCCC(=O)N3CCCC3C(=O)N3CCCCC3C(=O)NC(C)C(=O)N2C1.Cc1ccccc1.NC(=O)CNC(=O)Nc1nccs1. The number of cyclic esters (lactones) is 1. The minimum absolute atomic E-state index is 0.00788. The van der Waals surface area contributed by atoms with Gasteiger partial charge in [-0.05, 0) is 58.3 Å². The summed E-state index contributed by atoms with van der Waals surface area (Å²) in [4.78, 5) is 95.0. The number of anilines is 1. The van der Waals surface area contributed by atoms with Crippen LogP contribution in [0.2, 0.25) is 0 Å². The summed E-state index contributed by atoms with van der Waals surface area (Å²) < 4.78 is 5.38. The summed E-state index contributed by atoms with van der Waals surface area (Å²) >= 11 is 1.29. The molecule has 5 unspecified atom stereocenters. The molecule has 4 aliphatic rings. The van der Waals surface area contributed by atoms with E-state index in [2.05, 4.69) is 40.0 Å². The first-order chi connectivity index (χ1) is 25.3. The van der Waals surface area contributed by atoms with Gasteiger partial charge in [0.25, 0.3) is 0 Å². The van der Waals surface area contributed by atoms with Crippen LogP contribution in [0.1, 0.15) is 64.4 Å². The van der Waals surface area contributed by atoms with Crippen molar-refractivity contribution in [3.63, 3.8) is 0 Å². The summed E-state index contributed by atoms with van der Waals surface area (Å²) in [6.45, 7) is 6.73. The molecule has 7 amide bonds. The fourth-order valence-corrected chi connectivity index (χ4v) is 7.25. The highest BCUT2D eigenvalue weighted by Crippen LogP contribution is 2.27. The number of hydrogen-bond donors (Lipinski definition) is 4. The Labute approximate surface area is 313 Å². The van der Waals surface area contributed by atoms with E-state index in [-0.39, 0.29) is 49.1 Å². The first-order valence-corrected chi connectivity index (χ1v) is 18.8. The predicted octanol–water partition coefficient (Wildman–Crippen LogP) is 1.79. The lowest BCUT2D eigenvalue weighted by Gasteiger charge is -2.38. The Morgan fingerprint density at radius 3 is 2.32 bits per heavy atom. The normalized spacial score (nSPS) is 24.9. The fraction of sp³-hybridized carbons (Fsp3) is 0.556. The lowest BCUT2D eigenvalue weighted by Crippen LogP contribution is -2.59. The van der Waals surface area contributed by atoms with Crippen molar-refractivity contribution in [3.8, 4) is 0 Å². The summed E-state index contributed by atoms with van der Waals surface area (Å²) in [7, 11) is 0. The molecule has 5 N–H and O–H groups in total. The molecule has 6 rings (SSSR count). The van der Waals surface area contributed by atoms with Crippen LogP contribution in [-0.4, -0.2) is 118 Å². The topological polar surface area (TPSA) is 213 Å². The summed E-state index contributed by atoms with van der Waals surface area (Å²) in [5.74, 6) is -2.14. The van der Waals surface area contributed by atoms with E-state index in [9.17, 15) is 33.6 Å². The minimum atomic E-state index is -0.825. The molecule has 1 aromatic carbocycles. The largest absolute Gasteiger partial charge is 0.464 e. The molecule has 4 aliphatic heterocycles. The van der Waals surface area contributed by atoms with E-state index in [1.807, 2.05) is 25.1 Å². The van der Waals surface area contributed by atoms with Crippen LogP contribution in [0, 0.1) is 12.8 Å². The second-order valence-electron chi connectivity index (χ2n) is 13.5. The number of nitrogens with one attached hydrogen (secondary N) is 3. The van der Waals surface area contributed by atoms with Crippen molar-refractivity contribution in [1.29, 1.82) is 0 Å². The highest BCUT2D eigenvalue weighted by atomic mass is 32.1. The van der Waals surface area contributed by atoms with E-state index in [1.165, 1.54) is 21.8 Å². The van der Waals surface area contributed by atoms with Gasteiger partial charge >= 0.3 is 12.0 Å². The monoisotopic (exact) mass is 754 g/mol. The van der Waals surface area contributed by atoms with Gasteiger partial charge in [0.05, 0.1) is 13.0 Å². The average molecular weight is 755 g/mol. The second-order valence-corrected chi connectivity index (χ2v) is 14.4. The van der Waals surface area contributed by atoms with Crippen molar-refractivity contribution in [3.05, 3.63) is 47.5 Å². The molecule has 4 fully saturated rings. The number of amides is 7. The Kier molecular flexibility index (Phi) is 15.1. The van der Waals surface area contributed by atoms with E-state index in [0.29, 0.717) is 50.4 Å². The van der Waals surface area contributed by atoms with Gasteiger partial charge in [-0.3, -0.25) is 29.3 Å². The number of fused-ring (bicyclic) bond motifs is 3. The third-order valence-corrected chi connectivity index (χ3v) is 10.0. The lowest BCUT2D eigenvalue weighted by atomic mass is 9.99. The van der Waals surface area contributed by atoms with Crippen LogP contribution in [0.15, 0.2) is 41.9 Å². The molecule has 0 bridgehead atoms. The molecule has 0 aliphatic carbocycles. The molecule has 0 saturated carbocycles. The molecule has 16 nitrogen and oxygen atoms in total. The summed E-state index contributed by atoms with van der Waals surface area (Å²) in [5.41, 5.74) is 6.14. The zero-order chi connectivity index (χ0) is 38.5. The summed E-state index contributed by atoms with van der Waals surface area (Å²) in [6.07, 6.45) is 5.45. The number of thiazole rings is 1. The van der Waals surface area contributed by atoms with Crippen molar-refractivity contribution in [2.24, 2.45) is 11.7 Å². The molecule has 17 heteroatoms. The third kappa shape index (κ3) is 11.7. The molecule has 288 valence electrons. The highest BCUT2D eigenvalue weighted by molar-refractivity contribution is 7.13. The molecular weight excluding hydrogens is 705 g/mol. The van der Waals surface area contributed by atoms with Crippen LogP contribution < -0.4 is 21.7 Å². The van der Waals surface area contributed by atoms with Gasteiger partial charge in [0.15, 0.2) is 5.13 Å². The van der Waals surface area contributed by atoms with E-state index < -0.39 is 42.1 Å². The number of rotatable bonds is 3. The minimum Gasteiger partial charge on any atom is -0.464 e. The number of piperidine rings is 1. The van der Waals surface area contributed by atoms with E-state index in [0.717, 1.165) is 12.8 Å². The van der Waals surface area contributed by atoms with Crippen molar-refractivity contribution in [1.82, 2.24) is 30.3 Å². The van der Waals surface area contributed by atoms with Gasteiger partial charge in [0.1, 0.15) is 30.8 Å². The van der Waals surface area contributed by atoms with Crippen LogP contribution >= 0.6 is 11.3 Å². The maximum absolute atomic E-state index is 13.4. The first-order valence-electron chi connectivity index (χ1n) is 18.0. The van der Waals surface area contributed by atoms with Gasteiger partial charge in [0.2, 0.25) is 29.5 Å². The quantitative estimate of drug-likeness (QED) is 0.336. The first kappa shape index (κ1) is 40.7. The molecule has 2 aromatic rings. The number of esters is 1. The van der Waals surface area contributed by atoms with Crippen LogP contribution in [0.5, 0.6) is 0 Å². The van der Waals surface area contributed by atoms with E-state index in [1.54, 1.807) is 28.3 Å². The molecule has 1 aromatic heterocycles. The highest BCUT2D eigenvalue weighted by Gasteiger charge is 2.44. The molecular formula is C36H50N8O8S. The Hall–Kier alpha value is -5.06. The van der Waals surface area contributed by atoms with E-state index >= 15 is 0 Å². The van der Waals surface area contributed by atoms with Crippen LogP contribution in [-0.2, 0) is 33.5 Å². The van der Waals surface area contributed by atoms with Gasteiger partial charge < -0.3 is 35.8 Å². The summed E-state index contributed by atoms with van der Waals surface area (Å²) in [5, 5.41) is 9.67. The van der Waals surface area contributed by atoms with Crippen molar-refractivity contribution >= 4 is 58.0 Å². The molecule has 4 saturated heterocycles. The van der Waals surface area contributed by atoms with Gasteiger partial charge in [0, 0.05) is 31.2 Å². The fourth-order valence-electron chi connectivity index (χ4n) is 6.72. The Balaban J connectivity index is 0.000000255. The number of carbonyl (C=O) groups excluding carboxylic acids is 7.